The second-order valence-electron chi connectivity index (χ2n) is 4.78. The molecular formula is C13H22ClFN2O2S. The molecule has 0 amide bonds. The molecule has 0 saturated heterocycles. The Morgan fingerprint density at radius 1 is 1.30 bits per heavy atom. The molecule has 20 heavy (non-hydrogen) atoms. The monoisotopic (exact) mass is 324 g/mol. The van der Waals surface area contributed by atoms with Crippen molar-refractivity contribution < 1.29 is 12.8 Å². The Labute approximate surface area is 126 Å². The number of hydrogen-bond donors (Lipinski definition) is 2. The van der Waals surface area contributed by atoms with Gasteiger partial charge in [-0.25, -0.2) is 17.5 Å². The standard InChI is InChI=1S/C13H21FN2O2S.ClH/c1-3-13(15,4-2)10-16-19(17,18)9-11-6-5-7-12(14)8-11;/h5-8,16H,3-4,9-10,15H2,1-2H3;1H. The average Bonchev–Trinajstić information content (AvgIpc) is 2.36. The first-order chi connectivity index (χ1) is 8.80. The quantitative estimate of drug-likeness (QED) is 0.807. The van der Waals surface area contributed by atoms with Crippen molar-refractivity contribution in [2.24, 2.45) is 5.73 Å². The normalized spacial score (nSPS) is 12.0. The van der Waals surface area contributed by atoms with Gasteiger partial charge in [0.25, 0.3) is 0 Å². The summed E-state index contributed by atoms with van der Waals surface area (Å²) in [6.07, 6.45) is 1.37. The van der Waals surface area contributed by atoms with Gasteiger partial charge in [0.05, 0.1) is 5.75 Å². The maximum absolute atomic E-state index is 13.0. The van der Waals surface area contributed by atoms with Crippen LogP contribution in [0, 0.1) is 5.82 Å². The van der Waals surface area contributed by atoms with Crippen LogP contribution < -0.4 is 10.5 Å². The Bertz CT molecular complexity index is 519. The van der Waals surface area contributed by atoms with E-state index in [2.05, 4.69) is 4.72 Å². The van der Waals surface area contributed by atoms with Gasteiger partial charge >= 0.3 is 0 Å². The van der Waals surface area contributed by atoms with E-state index in [4.69, 9.17) is 5.73 Å². The van der Waals surface area contributed by atoms with Gasteiger partial charge in [0.2, 0.25) is 10.0 Å². The van der Waals surface area contributed by atoms with E-state index in [0.717, 1.165) is 0 Å². The molecule has 3 N–H and O–H groups in total. The lowest BCUT2D eigenvalue weighted by molar-refractivity contribution is 0.391. The van der Waals surface area contributed by atoms with E-state index in [-0.39, 0.29) is 24.7 Å². The van der Waals surface area contributed by atoms with Crippen molar-refractivity contribution in [3.05, 3.63) is 35.6 Å². The number of benzene rings is 1. The predicted molar refractivity (Wildman–Crippen MR) is 81.8 cm³/mol. The molecule has 1 aromatic rings. The fourth-order valence-electron chi connectivity index (χ4n) is 1.65. The summed E-state index contributed by atoms with van der Waals surface area (Å²) in [5.41, 5.74) is 5.92. The minimum Gasteiger partial charge on any atom is -0.324 e. The van der Waals surface area contributed by atoms with Crippen LogP contribution in [-0.4, -0.2) is 20.5 Å². The summed E-state index contributed by atoms with van der Waals surface area (Å²) in [4.78, 5) is 0. The first-order valence-corrected chi connectivity index (χ1v) is 7.96. The van der Waals surface area contributed by atoms with Gasteiger partial charge in [0.15, 0.2) is 0 Å². The van der Waals surface area contributed by atoms with Crippen molar-refractivity contribution in [1.82, 2.24) is 4.72 Å². The van der Waals surface area contributed by atoms with Crippen LogP contribution in [0.3, 0.4) is 0 Å². The zero-order chi connectivity index (χ0) is 14.5. The van der Waals surface area contributed by atoms with Gasteiger partial charge < -0.3 is 5.73 Å². The number of hydrogen-bond acceptors (Lipinski definition) is 3. The zero-order valence-corrected chi connectivity index (χ0v) is 13.4. The molecule has 0 spiro atoms. The number of nitrogens with two attached hydrogens (primary N) is 1. The van der Waals surface area contributed by atoms with Gasteiger partial charge in [0.1, 0.15) is 5.82 Å². The fourth-order valence-corrected chi connectivity index (χ4v) is 2.88. The van der Waals surface area contributed by atoms with E-state index in [0.29, 0.717) is 18.4 Å². The number of halogens is 2. The lowest BCUT2D eigenvalue weighted by Crippen LogP contribution is -2.49. The van der Waals surface area contributed by atoms with Crippen LogP contribution in [0.1, 0.15) is 32.3 Å². The molecule has 4 nitrogen and oxygen atoms in total. The van der Waals surface area contributed by atoms with E-state index in [9.17, 15) is 12.8 Å². The number of rotatable bonds is 7. The van der Waals surface area contributed by atoms with Gasteiger partial charge in [-0.2, -0.15) is 0 Å². The Kier molecular flexibility index (Phi) is 7.65. The highest BCUT2D eigenvalue weighted by Crippen LogP contribution is 2.12. The topological polar surface area (TPSA) is 72.2 Å². The molecule has 0 aliphatic heterocycles. The molecular weight excluding hydrogens is 303 g/mol. The molecule has 0 radical (unpaired) electrons. The van der Waals surface area contributed by atoms with Crippen molar-refractivity contribution in [2.75, 3.05) is 6.54 Å². The maximum atomic E-state index is 13.0. The highest BCUT2D eigenvalue weighted by atomic mass is 35.5. The molecule has 0 aliphatic rings. The largest absolute Gasteiger partial charge is 0.324 e. The third-order valence-electron chi connectivity index (χ3n) is 3.30. The zero-order valence-electron chi connectivity index (χ0n) is 11.7. The SMILES string of the molecule is CCC(N)(CC)CNS(=O)(=O)Cc1cccc(F)c1.Cl. The van der Waals surface area contributed by atoms with Crippen LogP contribution in [0.5, 0.6) is 0 Å². The maximum Gasteiger partial charge on any atom is 0.215 e. The third-order valence-corrected chi connectivity index (χ3v) is 4.60. The Morgan fingerprint density at radius 3 is 2.40 bits per heavy atom. The van der Waals surface area contributed by atoms with Crippen LogP contribution in [-0.2, 0) is 15.8 Å². The molecule has 116 valence electrons. The summed E-state index contributed by atoms with van der Waals surface area (Å²) >= 11 is 0. The first-order valence-electron chi connectivity index (χ1n) is 6.31. The Hall–Kier alpha value is -0.690. The molecule has 7 heteroatoms. The lowest BCUT2D eigenvalue weighted by Gasteiger charge is -2.26. The smallest absolute Gasteiger partial charge is 0.215 e. The highest BCUT2D eigenvalue weighted by Gasteiger charge is 2.23. The van der Waals surface area contributed by atoms with Crippen LogP contribution in [0.15, 0.2) is 24.3 Å². The average molecular weight is 325 g/mol. The van der Waals surface area contributed by atoms with Gasteiger partial charge in [0, 0.05) is 12.1 Å². The fraction of sp³-hybridized carbons (Fsp3) is 0.538. The van der Waals surface area contributed by atoms with Gasteiger partial charge in [-0.15, -0.1) is 12.4 Å². The summed E-state index contributed by atoms with van der Waals surface area (Å²) in [6.45, 7) is 4.03. The van der Waals surface area contributed by atoms with Gasteiger partial charge in [-0.1, -0.05) is 26.0 Å². The second kappa shape index (κ2) is 7.93. The van der Waals surface area contributed by atoms with Crippen molar-refractivity contribution >= 4 is 22.4 Å². The molecule has 0 fully saturated rings. The summed E-state index contributed by atoms with van der Waals surface area (Å²) in [5, 5.41) is 0. The summed E-state index contributed by atoms with van der Waals surface area (Å²) < 4.78 is 39.3. The molecule has 1 aromatic carbocycles. The van der Waals surface area contributed by atoms with E-state index in [1.807, 2.05) is 13.8 Å². The van der Waals surface area contributed by atoms with Gasteiger partial charge in [-0.05, 0) is 30.5 Å². The van der Waals surface area contributed by atoms with Gasteiger partial charge in [-0.3, -0.25) is 0 Å². The highest BCUT2D eigenvalue weighted by molar-refractivity contribution is 7.88. The van der Waals surface area contributed by atoms with Crippen molar-refractivity contribution in [2.45, 2.75) is 38.0 Å². The van der Waals surface area contributed by atoms with Crippen LogP contribution in [0.2, 0.25) is 0 Å². The molecule has 0 heterocycles. The number of nitrogens with one attached hydrogen (secondary N) is 1. The first kappa shape index (κ1) is 19.3. The molecule has 0 atom stereocenters. The summed E-state index contributed by atoms with van der Waals surface area (Å²) in [7, 11) is -3.50. The minimum atomic E-state index is -3.50. The molecule has 0 aromatic heterocycles. The third kappa shape index (κ3) is 6.17. The van der Waals surface area contributed by atoms with Crippen molar-refractivity contribution in [1.29, 1.82) is 0 Å². The van der Waals surface area contributed by atoms with Crippen molar-refractivity contribution in [3.8, 4) is 0 Å². The van der Waals surface area contributed by atoms with E-state index in [1.165, 1.54) is 18.2 Å². The van der Waals surface area contributed by atoms with Crippen molar-refractivity contribution in [3.63, 3.8) is 0 Å². The molecule has 1 rings (SSSR count). The van der Waals surface area contributed by atoms with Crippen LogP contribution in [0.4, 0.5) is 4.39 Å². The van der Waals surface area contributed by atoms with E-state index in [1.54, 1.807) is 6.07 Å². The van der Waals surface area contributed by atoms with E-state index >= 15 is 0 Å². The van der Waals surface area contributed by atoms with Crippen LogP contribution >= 0.6 is 12.4 Å². The van der Waals surface area contributed by atoms with E-state index < -0.39 is 21.4 Å². The van der Waals surface area contributed by atoms with Crippen LogP contribution in [0.25, 0.3) is 0 Å². The minimum absolute atomic E-state index is 0. The Balaban J connectivity index is 0.00000361. The summed E-state index contributed by atoms with van der Waals surface area (Å²) in [6, 6.07) is 5.57. The molecule has 0 unspecified atom stereocenters. The molecule has 0 saturated carbocycles. The molecule has 0 bridgehead atoms. The molecule has 0 aliphatic carbocycles. The summed E-state index contributed by atoms with van der Waals surface area (Å²) in [5.74, 6) is -0.683. The lowest BCUT2D eigenvalue weighted by atomic mass is 9.95. The number of sulfonamides is 1. The second-order valence-corrected chi connectivity index (χ2v) is 6.59. The predicted octanol–water partition coefficient (Wildman–Crippen LogP) is 2.18. The Morgan fingerprint density at radius 2 is 1.90 bits per heavy atom.